The third kappa shape index (κ3) is 2.84. The molecule has 2 aromatic rings. The predicted octanol–water partition coefficient (Wildman–Crippen LogP) is 1.55. The minimum Gasteiger partial charge on any atom is -0.346 e. The highest BCUT2D eigenvalue weighted by molar-refractivity contribution is 5.94. The summed E-state index contributed by atoms with van der Waals surface area (Å²) in [7, 11) is 0. The Balaban J connectivity index is 2.01. The number of benzene rings is 1. The summed E-state index contributed by atoms with van der Waals surface area (Å²) in [5.41, 5.74) is 0.647. The van der Waals surface area contributed by atoms with Gasteiger partial charge in [0.25, 0.3) is 5.91 Å². The molecule has 4 nitrogen and oxygen atoms in total. The van der Waals surface area contributed by atoms with Crippen molar-refractivity contribution < 1.29 is 9.18 Å². The number of hydrogen-bond acceptors (Lipinski definition) is 3. The van der Waals surface area contributed by atoms with Gasteiger partial charge < -0.3 is 5.32 Å². The van der Waals surface area contributed by atoms with Crippen molar-refractivity contribution in [3.63, 3.8) is 0 Å². The van der Waals surface area contributed by atoms with E-state index in [0.29, 0.717) is 5.69 Å². The Bertz CT molecular complexity index is 516. The number of nitrogens with one attached hydrogen (secondary N) is 1. The monoisotopic (exact) mass is 231 g/mol. The number of nitrogens with zero attached hydrogens (tertiary/aromatic N) is 2. The average Bonchev–Trinajstić information content (AvgIpc) is 2.38. The van der Waals surface area contributed by atoms with E-state index in [1.807, 2.05) is 0 Å². The number of carbonyl (C=O) groups excluding carboxylic acids is 1. The average molecular weight is 231 g/mol. The van der Waals surface area contributed by atoms with Gasteiger partial charge in [-0.15, -0.1) is 0 Å². The molecule has 0 bridgehead atoms. The lowest BCUT2D eigenvalue weighted by Gasteiger charge is -2.04. The highest BCUT2D eigenvalue weighted by atomic mass is 19.1. The van der Waals surface area contributed by atoms with Crippen molar-refractivity contribution in [3.05, 3.63) is 59.7 Å². The maximum Gasteiger partial charge on any atom is 0.254 e. The molecule has 1 heterocycles. The molecule has 0 aliphatic rings. The second-order valence-electron chi connectivity index (χ2n) is 3.38. The first-order valence-electron chi connectivity index (χ1n) is 5.06. The highest BCUT2D eigenvalue weighted by Crippen LogP contribution is 2.06. The zero-order chi connectivity index (χ0) is 12.1. The molecule has 5 heteroatoms. The number of amides is 1. The molecule has 1 N–H and O–H groups in total. The molecular formula is C12H10FN3O. The van der Waals surface area contributed by atoms with Crippen LogP contribution in [-0.2, 0) is 6.54 Å². The van der Waals surface area contributed by atoms with Gasteiger partial charge in [0, 0.05) is 6.20 Å². The fourth-order valence-corrected chi connectivity index (χ4v) is 1.34. The highest BCUT2D eigenvalue weighted by Gasteiger charge is 2.10. The summed E-state index contributed by atoms with van der Waals surface area (Å²) in [5, 5.41) is 10.1. The molecule has 0 spiro atoms. The minimum absolute atomic E-state index is 0.0244. The van der Waals surface area contributed by atoms with E-state index in [4.69, 9.17) is 0 Å². The molecule has 0 saturated heterocycles. The van der Waals surface area contributed by atoms with E-state index in [-0.39, 0.29) is 12.1 Å². The maximum atomic E-state index is 13.3. The molecule has 0 aliphatic carbocycles. The van der Waals surface area contributed by atoms with Crippen LogP contribution in [0.5, 0.6) is 0 Å². The number of carbonyl (C=O) groups is 1. The predicted molar refractivity (Wildman–Crippen MR) is 59.6 cm³/mol. The van der Waals surface area contributed by atoms with Gasteiger partial charge >= 0.3 is 0 Å². The van der Waals surface area contributed by atoms with Gasteiger partial charge in [0.05, 0.1) is 17.8 Å². The molecule has 0 radical (unpaired) electrons. The van der Waals surface area contributed by atoms with Crippen LogP contribution in [0.25, 0.3) is 0 Å². The van der Waals surface area contributed by atoms with Crippen LogP contribution in [0.1, 0.15) is 16.1 Å². The van der Waals surface area contributed by atoms with Crippen LogP contribution in [0.4, 0.5) is 4.39 Å². The van der Waals surface area contributed by atoms with Crippen LogP contribution >= 0.6 is 0 Å². The van der Waals surface area contributed by atoms with Crippen molar-refractivity contribution >= 4 is 5.91 Å². The second kappa shape index (κ2) is 5.16. The summed E-state index contributed by atoms with van der Waals surface area (Å²) < 4.78 is 13.3. The normalized spacial score (nSPS) is 9.94. The van der Waals surface area contributed by atoms with E-state index < -0.39 is 11.7 Å². The Morgan fingerprint density at radius 3 is 2.76 bits per heavy atom. The smallest absolute Gasteiger partial charge is 0.254 e. The van der Waals surface area contributed by atoms with E-state index in [1.54, 1.807) is 24.4 Å². The van der Waals surface area contributed by atoms with Crippen molar-refractivity contribution in [2.45, 2.75) is 6.54 Å². The zero-order valence-corrected chi connectivity index (χ0v) is 8.93. The van der Waals surface area contributed by atoms with E-state index in [2.05, 4.69) is 15.5 Å². The van der Waals surface area contributed by atoms with Gasteiger partial charge in [-0.3, -0.25) is 4.79 Å². The summed E-state index contributed by atoms with van der Waals surface area (Å²) in [6.07, 6.45) is 1.54. The summed E-state index contributed by atoms with van der Waals surface area (Å²) in [6, 6.07) is 9.28. The quantitative estimate of drug-likeness (QED) is 0.871. The molecule has 1 amide bonds. The Morgan fingerprint density at radius 2 is 2.06 bits per heavy atom. The van der Waals surface area contributed by atoms with Gasteiger partial charge in [0.2, 0.25) is 0 Å². The van der Waals surface area contributed by atoms with Gasteiger partial charge in [0.1, 0.15) is 5.82 Å². The molecule has 2 rings (SSSR count). The standard InChI is InChI=1S/C12H10FN3O/c13-11-6-2-1-5-10(11)12(17)14-8-9-4-3-7-15-16-9/h1-7H,8H2,(H,14,17). The first-order chi connectivity index (χ1) is 8.27. The third-order valence-electron chi connectivity index (χ3n) is 2.18. The third-order valence-corrected chi connectivity index (χ3v) is 2.18. The van der Waals surface area contributed by atoms with Crippen molar-refractivity contribution in [1.82, 2.24) is 15.5 Å². The lowest BCUT2D eigenvalue weighted by atomic mass is 10.2. The molecule has 17 heavy (non-hydrogen) atoms. The Hall–Kier alpha value is -2.30. The second-order valence-corrected chi connectivity index (χ2v) is 3.38. The van der Waals surface area contributed by atoms with Crippen LogP contribution < -0.4 is 5.32 Å². The summed E-state index contributed by atoms with van der Waals surface area (Å²) in [6.45, 7) is 0.223. The van der Waals surface area contributed by atoms with E-state index >= 15 is 0 Å². The SMILES string of the molecule is O=C(NCc1cccnn1)c1ccccc1F. The molecule has 1 aromatic heterocycles. The van der Waals surface area contributed by atoms with Gasteiger partial charge in [0.15, 0.2) is 0 Å². The fourth-order valence-electron chi connectivity index (χ4n) is 1.34. The summed E-state index contributed by atoms with van der Waals surface area (Å²) in [5.74, 6) is -1.00. The van der Waals surface area contributed by atoms with Crippen molar-refractivity contribution in [1.29, 1.82) is 0 Å². The van der Waals surface area contributed by atoms with Gasteiger partial charge in [-0.1, -0.05) is 12.1 Å². The Kier molecular flexibility index (Phi) is 3.40. The van der Waals surface area contributed by atoms with Crippen LogP contribution in [0.3, 0.4) is 0 Å². The number of rotatable bonds is 3. The van der Waals surface area contributed by atoms with Crippen LogP contribution in [0.2, 0.25) is 0 Å². The van der Waals surface area contributed by atoms with Gasteiger partial charge in [-0.05, 0) is 24.3 Å². The van der Waals surface area contributed by atoms with Crippen molar-refractivity contribution in [3.8, 4) is 0 Å². The molecule has 0 aliphatic heterocycles. The van der Waals surface area contributed by atoms with E-state index in [1.165, 1.54) is 18.2 Å². The topological polar surface area (TPSA) is 54.9 Å². The zero-order valence-electron chi connectivity index (χ0n) is 8.93. The number of hydrogen-bond donors (Lipinski definition) is 1. The molecule has 1 aromatic carbocycles. The molecular weight excluding hydrogens is 221 g/mol. The van der Waals surface area contributed by atoms with E-state index in [9.17, 15) is 9.18 Å². The fraction of sp³-hybridized carbons (Fsp3) is 0.0833. The molecule has 0 fully saturated rings. The molecule has 0 unspecified atom stereocenters. The summed E-state index contributed by atoms with van der Waals surface area (Å²) in [4.78, 5) is 11.6. The van der Waals surface area contributed by atoms with E-state index in [0.717, 1.165) is 0 Å². The van der Waals surface area contributed by atoms with Crippen LogP contribution in [0.15, 0.2) is 42.6 Å². The van der Waals surface area contributed by atoms with Gasteiger partial charge in [-0.2, -0.15) is 10.2 Å². The first kappa shape index (κ1) is 11.2. The molecule has 0 atom stereocenters. The first-order valence-corrected chi connectivity index (χ1v) is 5.06. The Labute approximate surface area is 97.5 Å². The largest absolute Gasteiger partial charge is 0.346 e. The number of aromatic nitrogens is 2. The maximum absolute atomic E-state index is 13.3. The minimum atomic E-state index is -0.538. The van der Waals surface area contributed by atoms with Crippen LogP contribution in [0, 0.1) is 5.82 Å². The Morgan fingerprint density at radius 1 is 1.24 bits per heavy atom. The molecule has 86 valence electrons. The van der Waals surface area contributed by atoms with Crippen LogP contribution in [-0.4, -0.2) is 16.1 Å². The summed E-state index contributed by atoms with van der Waals surface area (Å²) >= 11 is 0. The van der Waals surface area contributed by atoms with Crippen molar-refractivity contribution in [2.24, 2.45) is 0 Å². The number of halogens is 1. The molecule has 0 saturated carbocycles. The van der Waals surface area contributed by atoms with Gasteiger partial charge in [-0.25, -0.2) is 4.39 Å². The lowest BCUT2D eigenvalue weighted by Crippen LogP contribution is -2.24. The van der Waals surface area contributed by atoms with Crippen molar-refractivity contribution in [2.75, 3.05) is 0 Å². The lowest BCUT2D eigenvalue weighted by molar-refractivity contribution is 0.0946.